The number of hydrogen-bond acceptors (Lipinski definition) is 5. The molecule has 0 aliphatic rings. The highest BCUT2D eigenvalue weighted by atomic mass is 32.1. The molecule has 0 radical (unpaired) electrons. The van der Waals surface area contributed by atoms with E-state index >= 15 is 0 Å². The SMILES string of the molecule is Cc1nc2snc(CO)c2c(C)c1CO. The maximum absolute atomic E-state index is 9.24. The second kappa shape index (κ2) is 3.84. The lowest BCUT2D eigenvalue weighted by Gasteiger charge is -2.07. The Hall–Kier alpha value is -1.04. The van der Waals surface area contributed by atoms with E-state index in [2.05, 4.69) is 9.36 Å². The van der Waals surface area contributed by atoms with E-state index in [0.29, 0.717) is 5.69 Å². The molecule has 2 rings (SSSR count). The quantitative estimate of drug-likeness (QED) is 0.806. The van der Waals surface area contributed by atoms with Gasteiger partial charge in [-0.3, -0.25) is 0 Å². The Morgan fingerprint density at radius 3 is 2.53 bits per heavy atom. The fourth-order valence-corrected chi connectivity index (χ4v) is 2.63. The van der Waals surface area contributed by atoms with Gasteiger partial charge in [-0.1, -0.05) is 0 Å². The highest BCUT2D eigenvalue weighted by Gasteiger charge is 2.14. The van der Waals surface area contributed by atoms with Crippen molar-refractivity contribution in [2.45, 2.75) is 27.1 Å². The van der Waals surface area contributed by atoms with E-state index in [1.165, 1.54) is 11.5 Å². The zero-order valence-corrected chi connectivity index (χ0v) is 9.43. The van der Waals surface area contributed by atoms with E-state index in [1.807, 2.05) is 13.8 Å². The zero-order chi connectivity index (χ0) is 11.0. The third-order valence-electron chi connectivity index (χ3n) is 2.59. The van der Waals surface area contributed by atoms with Crippen LogP contribution in [0.4, 0.5) is 0 Å². The van der Waals surface area contributed by atoms with Crippen LogP contribution in [0.15, 0.2) is 0 Å². The Morgan fingerprint density at radius 2 is 1.93 bits per heavy atom. The van der Waals surface area contributed by atoms with Crippen LogP contribution in [0.25, 0.3) is 10.2 Å². The molecule has 0 atom stereocenters. The van der Waals surface area contributed by atoms with Crippen molar-refractivity contribution in [3.05, 3.63) is 22.5 Å². The van der Waals surface area contributed by atoms with Crippen LogP contribution in [0.3, 0.4) is 0 Å². The van der Waals surface area contributed by atoms with Crippen LogP contribution < -0.4 is 0 Å². The molecule has 5 heteroatoms. The van der Waals surface area contributed by atoms with Gasteiger partial charge in [-0.25, -0.2) is 4.98 Å². The molecule has 0 unspecified atom stereocenters. The van der Waals surface area contributed by atoms with Crippen LogP contribution in [0.1, 0.15) is 22.5 Å². The van der Waals surface area contributed by atoms with Gasteiger partial charge in [0.1, 0.15) is 4.83 Å². The molecule has 0 aromatic carbocycles. The topological polar surface area (TPSA) is 66.2 Å². The summed E-state index contributed by atoms with van der Waals surface area (Å²) in [6.07, 6.45) is 0. The number of fused-ring (bicyclic) bond motifs is 1. The van der Waals surface area contributed by atoms with E-state index in [-0.39, 0.29) is 13.2 Å². The van der Waals surface area contributed by atoms with Crippen LogP contribution in [-0.2, 0) is 13.2 Å². The first-order valence-corrected chi connectivity index (χ1v) is 5.42. The van der Waals surface area contributed by atoms with Gasteiger partial charge < -0.3 is 10.2 Å². The predicted octanol–water partition coefficient (Wildman–Crippen LogP) is 1.29. The summed E-state index contributed by atoms with van der Waals surface area (Å²) in [6.45, 7) is 3.68. The van der Waals surface area contributed by atoms with Crippen LogP contribution in [0, 0.1) is 13.8 Å². The Labute approximate surface area is 91.4 Å². The zero-order valence-electron chi connectivity index (χ0n) is 8.61. The summed E-state index contributed by atoms with van der Waals surface area (Å²) < 4.78 is 4.14. The molecule has 2 N–H and O–H groups in total. The molecule has 0 aliphatic heterocycles. The van der Waals surface area contributed by atoms with Crippen molar-refractivity contribution in [3.8, 4) is 0 Å². The molecule has 4 nitrogen and oxygen atoms in total. The van der Waals surface area contributed by atoms with E-state index in [0.717, 1.165) is 27.0 Å². The van der Waals surface area contributed by atoms with Crippen LogP contribution in [0.2, 0.25) is 0 Å². The standard InChI is InChI=1S/C10H12N2O2S/c1-5-7(3-13)6(2)11-10-9(5)8(4-14)12-15-10/h13-14H,3-4H2,1-2H3. The Bertz CT molecular complexity index is 508. The van der Waals surface area contributed by atoms with Crippen molar-refractivity contribution in [2.24, 2.45) is 0 Å². The molecular weight excluding hydrogens is 212 g/mol. The second-order valence-electron chi connectivity index (χ2n) is 3.43. The van der Waals surface area contributed by atoms with Crippen molar-refractivity contribution in [2.75, 3.05) is 0 Å². The summed E-state index contributed by atoms with van der Waals surface area (Å²) in [7, 11) is 0. The lowest BCUT2D eigenvalue weighted by atomic mass is 10.0. The molecule has 0 amide bonds. The first-order chi connectivity index (χ1) is 7.19. The maximum Gasteiger partial charge on any atom is 0.144 e. The molecule has 0 aliphatic carbocycles. The number of aliphatic hydroxyl groups is 2. The molecule has 15 heavy (non-hydrogen) atoms. The van der Waals surface area contributed by atoms with Gasteiger partial charge in [0.05, 0.1) is 18.9 Å². The van der Waals surface area contributed by atoms with Gasteiger partial charge in [0.25, 0.3) is 0 Å². The lowest BCUT2D eigenvalue weighted by Crippen LogP contribution is -1.98. The molecule has 0 spiro atoms. The molecule has 0 saturated carbocycles. The lowest BCUT2D eigenvalue weighted by molar-refractivity contribution is 0.278. The van der Waals surface area contributed by atoms with Gasteiger partial charge in [0.15, 0.2) is 0 Å². The van der Waals surface area contributed by atoms with Gasteiger partial charge in [-0.15, -0.1) is 0 Å². The maximum atomic E-state index is 9.24. The van der Waals surface area contributed by atoms with Gasteiger partial charge in [0.2, 0.25) is 0 Å². The Kier molecular flexibility index (Phi) is 2.68. The van der Waals surface area contributed by atoms with E-state index in [1.54, 1.807) is 0 Å². The normalized spacial score (nSPS) is 11.2. The third-order valence-corrected chi connectivity index (χ3v) is 3.37. The smallest absolute Gasteiger partial charge is 0.144 e. The highest BCUT2D eigenvalue weighted by molar-refractivity contribution is 7.13. The van der Waals surface area contributed by atoms with Gasteiger partial charge in [0, 0.05) is 16.6 Å². The Morgan fingerprint density at radius 1 is 1.20 bits per heavy atom. The van der Waals surface area contributed by atoms with Gasteiger partial charge >= 0.3 is 0 Å². The van der Waals surface area contributed by atoms with Crippen LogP contribution in [-0.4, -0.2) is 19.6 Å². The van der Waals surface area contributed by atoms with Crippen molar-refractivity contribution in [3.63, 3.8) is 0 Å². The first kappa shape index (κ1) is 10.5. The summed E-state index contributed by atoms with van der Waals surface area (Å²) in [5.74, 6) is 0. The number of nitrogens with zero attached hydrogens (tertiary/aromatic N) is 2. The van der Waals surface area contributed by atoms with Crippen molar-refractivity contribution >= 4 is 21.7 Å². The minimum absolute atomic E-state index is 0.0265. The fourth-order valence-electron chi connectivity index (χ4n) is 1.75. The number of aliphatic hydroxyl groups excluding tert-OH is 2. The van der Waals surface area contributed by atoms with E-state index < -0.39 is 0 Å². The molecule has 2 aromatic rings. The number of rotatable bonds is 2. The summed E-state index contributed by atoms with van der Waals surface area (Å²) >= 11 is 1.28. The minimum Gasteiger partial charge on any atom is -0.392 e. The third kappa shape index (κ3) is 1.52. The first-order valence-electron chi connectivity index (χ1n) is 4.65. The fraction of sp³-hybridized carbons (Fsp3) is 0.400. The van der Waals surface area contributed by atoms with Crippen molar-refractivity contribution in [1.82, 2.24) is 9.36 Å². The number of pyridine rings is 1. The predicted molar refractivity (Wildman–Crippen MR) is 58.7 cm³/mol. The minimum atomic E-state index is -0.0869. The molecule has 2 aromatic heterocycles. The number of aryl methyl sites for hydroxylation is 2. The average molecular weight is 224 g/mol. The van der Waals surface area contributed by atoms with E-state index in [4.69, 9.17) is 5.11 Å². The largest absolute Gasteiger partial charge is 0.392 e. The van der Waals surface area contributed by atoms with Crippen molar-refractivity contribution in [1.29, 1.82) is 0 Å². The molecule has 0 bridgehead atoms. The molecule has 0 saturated heterocycles. The Balaban J connectivity index is 2.83. The number of aromatic nitrogens is 2. The molecular formula is C10H12N2O2S. The summed E-state index contributed by atoms with van der Waals surface area (Å²) in [5, 5.41) is 19.3. The van der Waals surface area contributed by atoms with Crippen molar-refractivity contribution < 1.29 is 10.2 Å². The molecule has 0 fully saturated rings. The summed E-state index contributed by atoms with van der Waals surface area (Å²) in [4.78, 5) is 5.19. The monoisotopic (exact) mass is 224 g/mol. The highest BCUT2D eigenvalue weighted by Crippen LogP contribution is 2.28. The molecule has 80 valence electrons. The summed E-state index contributed by atoms with van der Waals surface area (Å²) in [5.41, 5.74) is 3.28. The average Bonchev–Trinajstić information content (AvgIpc) is 2.61. The van der Waals surface area contributed by atoms with Gasteiger partial charge in [-0.05, 0) is 30.9 Å². The van der Waals surface area contributed by atoms with Gasteiger partial charge in [-0.2, -0.15) is 4.37 Å². The van der Waals surface area contributed by atoms with Crippen LogP contribution in [0.5, 0.6) is 0 Å². The van der Waals surface area contributed by atoms with Crippen LogP contribution >= 0.6 is 11.5 Å². The molecule has 2 heterocycles. The van der Waals surface area contributed by atoms with E-state index in [9.17, 15) is 5.11 Å². The number of hydrogen-bond donors (Lipinski definition) is 2. The summed E-state index contributed by atoms with van der Waals surface area (Å²) in [6, 6.07) is 0. The second-order valence-corrected chi connectivity index (χ2v) is 4.18.